The van der Waals surface area contributed by atoms with Crippen molar-refractivity contribution in [2.75, 3.05) is 36.9 Å². The van der Waals surface area contributed by atoms with Crippen molar-refractivity contribution in [2.24, 2.45) is 0 Å². The number of imidazole rings is 1. The molecule has 10 nitrogen and oxygen atoms in total. The Balaban J connectivity index is 1.33. The Kier molecular flexibility index (Phi) is 6.76. The maximum absolute atomic E-state index is 13.2. The third-order valence-corrected chi connectivity index (χ3v) is 5.89. The van der Waals surface area contributed by atoms with E-state index in [2.05, 4.69) is 15.6 Å². The van der Waals surface area contributed by atoms with Crippen molar-refractivity contribution in [1.82, 2.24) is 14.5 Å². The smallest absolute Gasteiger partial charge is 0.291 e. The molecule has 0 unspecified atom stereocenters. The average molecular weight is 488 g/mol. The highest BCUT2D eigenvalue weighted by atomic mass is 16.5. The summed E-state index contributed by atoms with van der Waals surface area (Å²) >= 11 is 0. The summed E-state index contributed by atoms with van der Waals surface area (Å²) < 4.78 is 13.0. The zero-order chi connectivity index (χ0) is 24.9. The highest BCUT2D eigenvalue weighted by Gasteiger charge is 2.27. The number of nitrogens with one attached hydrogen (secondary N) is 2. The number of aromatic nitrogens is 2. The lowest BCUT2D eigenvalue weighted by atomic mass is 10.1. The Bertz CT molecular complexity index is 1390. The zero-order valence-electron chi connectivity index (χ0n) is 19.5. The number of furan rings is 1. The van der Waals surface area contributed by atoms with E-state index in [0.29, 0.717) is 60.8 Å². The summed E-state index contributed by atoms with van der Waals surface area (Å²) in [7, 11) is 0. The van der Waals surface area contributed by atoms with Crippen molar-refractivity contribution in [1.29, 1.82) is 0 Å². The first kappa shape index (κ1) is 23.3. The molecule has 0 saturated carbocycles. The average Bonchev–Trinajstić information content (AvgIpc) is 3.56. The van der Waals surface area contributed by atoms with Crippen molar-refractivity contribution in [3.05, 3.63) is 78.6 Å². The highest BCUT2D eigenvalue weighted by Crippen LogP contribution is 2.32. The molecule has 3 heterocycles. The van der Waals surface area contributed by atoms with E-state index in [1.807, 2.05) is 10.6 Å². The van der Waals surface area contributed by atoms with Gasteiger partial charge in [0.2, 0.25) is 11.7 Å². The van der Waals surface area contributed by atoms with Crippen molar-refractivity contribution < 1.29 is 23.5 Å². The lowest BCUT2D eigenvalue weighted by molar-refractivity contribution is -0.116. The van der Waals surface area contributed by atoms with Gasteiger partial charge in [0, 0.05) is 55.1 Å². The minimum Gasteiger partial charge on any atom is -0.449 e. The van der Waals surface area contributed by atoms with Crippen molar-refractivity contribution >= 4 is 40.1 Å². The summed E-state index contributed by atoms with van der Waals surface area (Å²) in [4.78, 5) is 44.4. The molecular formula is C26H25N5O5. The third kappa shape index (κ3) is 5.13. The fraction of sp³-hybridized carbons (Fsp3) is 0.231. The summed E-state index contributed by atoms with van der Waals surface area (Å²) in [5, 5.41) is 6.31. The molecule has 1 saturated heterocycles. The minimum atomic E-state index is -0.424. The van der Waals surface area contributed by atoms with Crippen LogP contribution in [0.25, 0.3) is 11.0 Å². The fourth-order valence-corrected chi connectivity index (χ4v) is 4.03. The van der Waals surface area contributed by atoms with E-state index in [9.17, 15) is 14.4 Å². The van der Waals surface area contributed by atoms with Gasteiger partial charge in [0.1, 0.15) is 11.3 Å². The molecule has 0 spiro atoms. The maximum atomic E-state index is 13.2. The van der Waals surface area contributed by atoms with Crippen LogP contribution >= 0.6 is 0 Å². The van der Waals surface area contributed by atoms with Crippen LogP contribution in [-0.4, -0.2) is 58.5 Å². The lowest BCUT2D eigenvalue weighted by Crippen LogP contribution is -2.40. The predicted molar refractivity (Wildman–Crippen MR) is 133 cm³/mol. The Labute approximate surface area is 206 Å². The number of aryl methyl sites for hydroxylation is 1. The SMILES string of the molecule is O=C(CCn1ccnc1)Nc1cccc(C(=O)Nc2c(C(=O)N3CCOCC3)oc3ccccc23)c1. The Morgan fingerprint density at radius 2 is 1.83 bits per heavy atom. The van der Waals surface area contributed by atoms with Gasteiger partial charge in [0.05, 0.1) is 19.5 Å². The first-order chi connectivity index (χ1) is 17.6. The van der Waals surface area contributed by atoms with E-state index in [1.54, 1.807) is 66.1 Å². The van der Waals surface area contributed by atoms with E-state index in [0.717, 1.165) is 0 Å². The third-order valence-electron chi connectivity index (χ3n) is 5.89. The Hall–Kier alpha value is -4.44. The molecule has 5 rings (SSSR count). The number of ether oxygens (including phenoxy) is 1. The number of nitrogens with zero attached hydrogens (tertiary/aromatic N) is 3. The Morgan fingerprint density at radius 3 is 2.64 bits per heavy atom. The molecule has 0 radical (unpaired) electrons. The van der Waals surface area contributed by atoms with E-state index < -0.39 is 5.91 Å². The van der Waals surface area contributed by atoms with Gasteiger partial charge in [-0.2, -0.15) is 0 Å². The monoisotopic (exact) mass is 487 g/mol. The largest absolute Gasteiger partial charge is 0.449 e. The number of benzene rings is 2. The van der Waals surface area contributed by atoms with E-state index in [4.69, 9.17) is 9.15 Å². The number of anilines is 2. The van der Waals surface area contributed by atoms with Gasteiger partial charge >= 0.3 is 0 Å². The van der Waals surface area contributed by atoms with E-state index in [-0.39, 0.29) is 24.0 Å². The van der Waals surface area contributed by atoms with Crippen molar-refractivity contribution in [3.63, 3.8) is 0 Å². The molecule has 2 aromatic carbocycles. The van der Waals surface area contributed by atoms with Gasteiger partial charge in [-0.15, -0.1) is 0 Å². The van der Waals surface area contributed by atoms with Crippen LogP contribution in [0.2, 0.25) is 0 Å². The zero-order valence-corrected chi connectivity index (χ0v) is 19.5. The van der Waals surface area contributed by atoms with Gasteiger partial charge in [-0.1, -0.05) is 18.2 Å². The summed E-state index contributed by atoms with van der Waals surface area (Å²) in [5.74, 6) is -0.827. The second kappa shape index (κ2) is 10.4. The highest BCUT2D eigenvalue weighted by molar-refractivity contribution is 6.14. The number of morpholine rings is 1. The number of para-hydroxylation sites is 1. The fourth-order valence-electron chi connectivity index (χ4n) is 4.03. The van der Waals surface area contributed by atoms with Gasteiger partial charge in [-0.25, -0.2) is 4.98 Å². The van der Waals surface area contributed by atoms with E-state index >= 15 is 0 Å². The molecule has 1 aliphatic rings. The molecule has 2 N–H and O–H groups in total. The Morgan fingerprint density at radius 1 is 1.00 bits per heavy atom. The number of hydrogen-bond donors (Lipinski definition) is 2. The van der Waals surface area contributed by atoms with Crippen molar-refractivity contribution in [3.8, 4) is 0 Å². The first-order valence-corrected chi connectivity index (χ1v) is 11.6. The second-order valence-corrected chi connectivity index (χ2v) is 8.34. The van der Waals surface area contributed by atoms with Gasteiger partial charge < -0.3 is 29.3 Å². The topological polar surface area (TPSA) is 119 Å². The molecule has 2 aromatic heterocycles. The summed E-state index contributed by atoms with van der Waals surface area (Å²) in [6.45, 7) is 2.31. The molecule has 4 aromatic rings. The number of carbonyl (C=O) groups is 3. The number of carbonyl (C=O) groups excluding carboxylic acids is 3. The van der Waals surface area contributed by atoms with Crippen LogP contribution in [0.3, 0.4) is 0 Å². The van der Waals surface area contributed by atoms with Crippen LogP contribution in [0.5, 0.6) is 0 Å². The number of amides is 3. The lowest BCUT2D eigenvalue weighted by Gasteiger charge is -2.26. The quantitative estimate of drug-likeness (QED) is 0.413. The first-order valence-electron chi connectivity index (χ1n) is 11.6. The van der Waals surface area contributed by atoms with Crippen LogP contribution in [0, 0.1) is 0 Å². The molecule has 0 bridgehead atoms. The van der Waals surface area contributed by atoms with E-state index in [1.165, 1.54) is 0 Å². The molecule has 0 aliphatic carbocycles. The summed E-state index contributed by atoms with van der Waals surface area (Å²) in [6.07, 6.45) is 5.36. The minimum absolute atomic E-state index is 0.0791. The normalized spacial score (nSPS) is 13.5. The van der Waals surface area contributed by atoms with Gasteiger partial charge in [-0.05, 0) is 30.3 Å². The molecule has 0 atom stereocenters. The van der Waals surface area contributed by atoms with Crippen LogP contribution in [0.15, 0.2) is 71.7 Å². The summed E-state index contributed by atoms with van der Waals surface area (Å²) in [5.41, 5.74) is 1.66. The van der Waals surface area contributed by atoms with Crippen LogP contribution in [-0.2, 0) is 16.1 Å². The summed E-state index contributed by atoms with van der Waals surface area (Å²) in [6, 6.07) is 13.8. The van der Waals surface area contributed by atoms with Gasteiger partial charge in [0.15, 0.2) is 0 Å². The van der Waals surface area contributed by atoms with Crippen molar-refractivity contribution in [2.45, 2.75) is 13.0 Å². The number of rotatable bonds is 7. The van der Waals surface area contributed by atoms with Crippen LogP contribution < -0.4 is 10.6 Å². The van der Waals surface area contributed by atoms with Crippen LogP contribution in [0.4, 0.5) is 11.4 Å². The molecule has 184 valence electrons. The predicted octanol–water partition coefficient (Wildman–Crippen LogP) is 3.38. The molecule has 1 fully saturated rings. The standard InChI is InChI=1S/C26H25N5O5/c32-22(8-10-30-11-9-27-17-30)28-19-5-3-4-18(16-19)25(33)29-23-20-6-1-2-7-21(20)36-24(23)26(34)31-12-14-35-15-13-31/h1-7,9,11,16-17H,8,10,12-15H2,(H,28,32)(H,29,33). The second-order valence-electron chi connectivity index (χ2n) is 8.34. The van der Waals surface area contributed by atoms with Gasteiger partial charge in [0.25, 0.3) is 11.8 Å². The molecule has 3 amide bonds. The molecule has 1 aliphatic heterocycles. The maximum Gasteiger partial charge on any atom is 0.291 e. The molecule has 36 heavy (non-hydrogen) atoms. The molecular weight excluding hydrogens is 462 g/mol. The number of hydrogen-bond acceptors (Lipinski definition) is 6. The number of fused-ring (bicyclic) bond motifs is 1. The van der Waals surface area contributed by atoms with Crippen LogP contribution in [0.1, 0.15) is 27.3 Å². The molecule has 10 heteroatoms. The van der Waals surface area contributed by atoms with Gasteiger partial charge in [-0.3, -0.25) is 14.4 Å².